The SMILES string of the molecule is Cn1cccc1-c1nnc(-c2cn3ccccc3n2)o1. The topological polar surface area (TPSA) is 61.2 Å². The number of pyridine rings is 1. The van der Waals surface area contributed by atoms with Crippen molar-refractivity contribution in [3.05, 3.63) is 48.9 Å². The summed E-state index contributed by atoms with van der Waals surface area (Å²) in [4.78, 5) is 4.46. The minimum atomic E-state index is 0.421. The monoisotopic (exact) mass is 265 g/mol. The van der Waals surface area contributed by atoms with E-state index < -0.39 is 0 Å². The molecule has 0 aliphatic carbocycles. The molecular weight excluding hydrogens is 254 g/mol. The number of hydrogen-bond donors (Lipinski definition) is 0. The fourth-order valence-corrected chi connectivity index (χ4v) is 2.15. The Kier molecular flexibility index (Phi) is 2.23. The summed E-state index contributed by atoms with van der Waals surface area (Å²) in [6.07, 6.45) is 5.74. The lowest BCUT2D eigenvalue weighted by molar-refractivity contribution is 0.577. The molecule has 0 spiro atoms. The molecule has 0 unspecified atom stereocenters. The van der Waals surface area contributed by atoms with Gasteiger partial charge < -0.3 is 13.4 Å². The van der Waals surface area contributed by atoms with Gasteiger partial charge >= 0.3 is 0 Å². The predicted octanol–water partition coefficient (Wildman–Crippen LogP) is 2.39. The van der Waals surface area contributed by atoms with Crippen LogP contribution in [0.15, 0.2) is 53.3 Å². The number of hydrogen-bond acceptors (Lipinski definition) is 4. The van der Waals surface area contributed by atoms with E-state index in [-0.39, 0.29) is 0 Å². The van der Waals surface area contributed by atoms with Gasteiger partial charge in [-0.3, -0.25) is 0 Å². The third-order valence-corrected chi connectivity index (χ3v) is 3.17. The smallest absolute Gasteiger partial charge is 0.268 e. The Balaban J connectivity index is 1.80. The molecule has 6 heteroatoms. The average Bonchev–Trinajstić information content (AvgIpc) is 3.15. The lowest BCUT2D eigenvalue weighted by atomic mass is 10.4. The van der Waals surface area contributed by atoms with Crippen LogP contribution >= 0.6 is 0 Å². The third-order valence-electron chi connectivity index (χ3n) is 3.17. The van der Waals surface area contributed by atoms with E-state index >= 15 is 0 Å². The number of fused-ring (bicyclic) bond motifs is 1. The highest BCUT2D eigenvalue weighted by atomic mass is 16.4. The van der Waals surface area contributed by atoms with E-state index in [1.165, 1.54) is 0 Å². The van der Waals surface area contributed by atoms with Gasteiger partial charge in [0.25, 0.3) is 11.8 Å². The van der Waals surface area contributed by atoms with E-state index in [9.17, 15) is 0 Å². The van der Waals surface area contributed by atoms with Gasteiger partial charge in [0.1, 0.15) is 17.0 Å². The molecule has 4 heterocycles. The van der Waals surface area contributed by atoms with Gasteiger partial charge in [0.2, 0.25) is 0 Å². The van der Waals surface area contributed by atoms with E-state index in [1.807, 2.05) is 64.9 Å². The van der Waals surface area contributed by atoms with Crippen LogP contribution in [0.5, 0.6) is 0 Å². The number of imidazole rings is 1. The number of aromatic nitrogens is 5. The Morgan fingerprint density at radius 3 is 2.70 bits per heavy atom. The largest absolute Gasteiger partial charge is 0.413 e. The molecule has 4 rings (SSSR count). The molecule has 0 atom stereocenters. The second kappa shape index (κ2) is 4.06. The van der Waals surface area contributed by atoms with Crippen molar-refractivity contribution in [1.82, 2.24) is 24.1 Å². The highest BCUT2D eigenvalue weighted by Gasteiger charge is 2.14. The van der Waals surface area contributed by atoms with Crippen molar-refractivity contribution in [2.45, 2.75) is 0 Å². The van der Waals surface area contributed by atoms with Crippen molar-refractivity contribution in [1.29, 1.82) is 0 Å². The molecule has 0 bridgehead atoms. The predicted molar refractivity (Wildman–Crippen MR) is 72.9 cm³/mol. The summed E-state index contributed by atoms with van der Waals surface area (Å²) in [6, 6.07) is 9.68. The lowest BCUT2D eigenvalue weighted by Gasteiger charge is -1.95. The molecule has 0 fully saturated rings. The molecular formula is C14H11N5O. The van der Waals surface area contributed by atoms with Crippen molar-refractivity contribution in [2.75, 3.05) is 0 Å². The summed E-state index contributed by atoms with van der Waals surface area (Å²) in [5.74, 6) is 0.912. The zero-order chi connectivity index (χ0) is 13.5. The quantitative estimate of drug-likeness (QED) is 0.558. The Labute approximate surface area is 114 Å². The molecule has 98 valence electrons. The summed E-state index contributed by atoms with van der Waals surface area (Å²) in [5.41, 5.74) is 2.40. The fraction of sp³-hybridized carbons (Fsp3) is 0.0714. The Hall–Kier alpha value is -2.89. The van der Waals surface area contributed by atoms with Gasteiger partial charge in [0.15, 0.2) is 0 Å². The molecule has 0 aromatic carbocycles. The van der Waals surface area contributed by atoms with Crippen LogP contribution in [-0.2, 0) is 7.05 Å². The van der Waals surface area contributed by atoms with Crippen molar-refractivity contribution in [3.63, 3.8) is 0 Å². The maximum atomic E-state index is 5.71. The van der Waals surface area contributed by atoms with Crippen LogP contribution in [0.2, 0.25) is 0 Å². The first-order valence-corrected chi connectivity index (χ1v) is 6.20. The fourth-order valence-electron chi connectivity index (χ4n) is 2.15. The van der Waals surface area contributed by atoms with Crippen molar-refractivity contribution in [3.8, 4) is 23.2 Å². The zero-order valence-corrected chi connectivity index (χ0v) is 10.8. The molecule has 0 radical (unpaired) electrons. The van der Waals surface area contributed by atoms with Crippen molar-refractivity contribution < 1.29 is 4.42 Å². The van der Waals surface area contributed by atoms with E-state index in [1.54, 1.807) is 0 Å². The van der Waals surface area contributed by atoms with Crippen LogP contribution in [0.3, 0.4) is 0 Å². The third kappa shape index (κ3) is 1.62. The highest BCUT2D eigenvalue weighted by molar-refractivity contribution is 5.56. The summed E-state index contributed by atoms with van der Waals surface area (Å²) in [7, 11) is 1.93. The van der Waals surface area contributed by atoms with E-state index in [0.29, 0.717) is 17.5 Å². The number of rotatable bonds is 2. The summed E-state index contributed by atoms with van der Waals surface area (Å²) in [6.45, 7) is 0. The van der Waals surface area contributed by atoms with Gasteiger partial charge in [-0.25, -0.2) is 4.98 Å². The molecule has 0 saturated heterocycles. The first-order chi connectivity index (χ1) is 9.81. The first kappa shape index (κ1) is 11.0. The van der Waals surface area contributed by atoms with Crippen LogP contribution in [0.4, 0.5) is 0 Å². The lowest BCUT2D eigenvalue weighted by Crippen LogP contribution is -1.88. The summed E-state index contributed by atoms with van der Waals surface area (Å²) in [5, 5.41) is 8.15. The van der Waals surface area contributed by atoms with E-state index in [4.69, 9.17) is 4.42 Å². The van der Waals surface area contributed by atoms with Crippen LogP contribution in [0.25, 0.3) is 28.8 Å². The molecule has 4 aromatic heterocycles. The van der Waals surface area contributed by atoms with Crippen LogP contribution < -0.4 is 0 Å². The minimum Gasteiger partial charge on any atom is -0.413 e. The normalized spacial score (nSPS) is 11.2. The van der Waals surface area contributed by atoms with Gasteiger partial charge in [0, 0.05) is 25.6 Å². The molecule has 0 aliphatic rings. The summed E-state index contributed by atoms with van der Waals surface area (Å²) < 4.78 is 9.56. The molecule has 20 heavy (non-hydrogen) atoms. The van der Waals surface area contributed by atoms with Crippen molar-refractivity contribution in [2.24, 2.45) is 7.05 Å². The van der Waals surface area contributed by atoms with Crippen LogP contribution in [0.1, 0.15) is 0 Å². The second-order valence-electron chi connectivity index (χ2n) is 4.51. The van der Waals surface area contributed by atoms with Gasteiger partial charge in [0.05, 0.1) is 0 Å². The first-order valence-electron chi connectivity index (χ1n) is 6.20. The van der Waals surface area contributed by atoms with Gasteiger partial charge in [-0.05, 0) is 24.3 Å². The van der Waals surface area contributed by atoms with Crippen LogP contribution in [0, 0.1) is 0 Å². The Morgan fingerprint density at radius 2 is 1.90 bits per heavy atom. The molecule has 0 aliphatic heterocycles. The Morgan fingerprint density at radius 1 is 1.00 bits per heavy atom. The maximum absolute atomic E-state index is 5.71. The highest BCUT2D eigenvalue weighted by Crippen LogP contribution is 2.23. The Bertz CT molecular complexity index is 853. The standard InChI is InChI=1S/C14H11N5O/c1-18-7-4-5-11(18)14-17-16-13(20-14)10-9-19-8-3-2-6-12(19)15-10/h2-9H,1H3. The maximum Gasteiger partial charge on any atom is 0.268 e. The van der Waals surface area contributed by atoms with Gasteiger partial charge in [-0.1, -0.05) is 6.07 Å². The minimum absolute atomic E-state index is 0.421. The summed E-state index contributed by atoms with van der Waals surface area (Å²) >= 11 is 0. The number of aryl methyl sites for hydroxylation is 1. The molecule has 0 N–H and O–H groups in total. The van der Waals surface area contributed by atoms with E-state index in [2.05, 4.69) is 15.2 Å². The number of nitrogens with zero attached hydrogens (tertiary/aromatic N) is 5. The molecule has 0 amide bonds. The second-order valence-corrected chi connectivity index (χ2v) is 4.51. The van der Waals surface area contributed by atoms with Gasteiger partial charge in [-0.2, -0.15) is 0 Å². The molecule has 0 saturated carbocycles. The van der Waals surface area contributed by atoms with Crippen molar-refractivity contribution >= 4 is 5.65 Å². The molecule has 6 nitrogen and oxygen atoms in total. The van der Waals surface area contributed by atoms with E-state index in [0.717, 1.165) is 11.3 Å². The molecule has 4 aromatic rings. The van der Waals surface area contributed by atoms with Crippen LogP contribution in [-0.4, -0.2) is 24.1 Å². The zero-order valence-electron chi connectivity index (χ0n) is 10.8. The average molecular weight is 265 g/mol. The van der Waals surface area contributed by atoms with Gasteiger partial charge in [-0.15, -0.1) is 10.2 Å².